The summed E-state index contributed by atoms with van der Waals surface area (Å²) in [5.41, 5.74) is 0. The van der Waals surface area contributed by atoms with Gasteiger partial charge in [-0.1, -0.05) is 13.3 Å². The van der Waals surface area contributed by atoms with Gasteiger partial charge in [0.2, 0.25) is 5.91 Å². The lowest BCUT2D eigenvalue weighted by Crippen LogP contribution is -2.42. The van der Waals surface area contributed by atoms with Crippen molar-refractivity contribution in [2.75, 3.05) is 11.6 Å². The van der Waals surface area contributed by atoms with E-state index >= 15 is 0 Å². The maximum absolute atomic E-state index is 12.4. The minimum atomic E-state index is -0.918. The molecule has 1 aliphatic heterocycles. The minimum Gasteiger partial charge on any atom is -0.480 e. The van der Waals surface area contributed by atoms with E-state index in [9.17, 15) is 9.59 Å². The Morgan fingerprint density at radius 3 is 2.95 bits per heavy atom. The number of aromatic nitrogens is 2. The number of rotatable bonds is 6. The highest BCUT2D eigenvalue weighted by molar-refractivity contribution is 7.99. The number of hydrogen-bond donors (Lipinski definition) is 1. The molecule has 0 aromatic carbocycles. The van der Waals surface area contributed by atoms with Gasteiger partial charge in [-0.25, -0.2) is 9.78 Å². The quantitative estimate of drug-likeness (QED) is 0.863. The van der Waals surface area contributed by atoms with Crippen LogP contribution in [0.15, 0.2) is 18.7 Å². The number of carboxylic acids is 1. The van der Waals surface area contributed by atoms with E-state index in [1.807, 2.05) is 10.8 Å². The number of carbonyl (C=O) groups is 2. The molecular weight excluding hydrogens is 278 g/mol. The lowest BCUT2D eigenvalue weighted by molar-refractivity contribution is -0.148. The molecule has 1 N–H and O–H groups in total. The zero-order valence-electron chi connectivity index (χ0n) is 11.4. The Morgan fingerprint density at radius 1 is 1.55 bits per heavy atom. The molecule has 0 aliphatic carbocycles. The lowest BCUT2D eigenvalue weighted by Gasteiger charge is -2.24. The van der Waals surface area contributed by atoms with Crippen LogP contribution >= 0.6 is 11.8 Å². The van der Waals surface area contributed by atoms with Crippen LogP contribution in [0.2, 0.25) is 0 Å². The zero-order valence-corrected chi connectivity index (χ0v) is 12.3. The van der Waals surface area contributed by atoms with Crippen LogP contribution in [-0.2, 0) is 9.59 Å². The van der Waals surface area contributed by atoms with Crippen LogP contribution in [0, 0.1) is 0 Å². The molecule has 2 unspecified atom stereocenters. The number of thioether (sulfide) groups is 1. The number of aliphatic carboxylic acids is 1. The minimum absolute atomic E-state index is 0.0510. The van der Waals surface area contributed by atoms with Crippen molar-refractivity contribution in [1.29, 1.82) is 0 Å². The Kier molecular flexibility index (Phi) is 5.05. The van der Waals surface area contributed by atoms with Gasteiger partial charge in [-0.15, -0.1) is 11.8 Å². The number of carboxylic acid groups (broad SMARTS) is 1. The van der Waals surface area contributed by atoms with Crippen molar-refractivity contribution in [2.45, 2.75) is 38.3 Å². The van der Waals surface area contributed by atoms with Gasteiger partial charge in [-0.3, -0.25) is 4.79 Å². The van der Waals surface area contributed by atoms with Crippen LogP contribution in [0.25, 0.3) is 0 Å². The molecule has 110 valence electrons. The van der Waals surface area contributed by atoms with E-state index in [0.717, 1.165) is 12.8 Å². The standard InChI is InChI=1S/C13H19N3O3S/c1-2-3-10(15-5-4-14-8-15)6-12(17)16-9-20-7-11(16)13(18)19/h4-5,8,10-11H,2-3,6-7,9H2,1H3,(H,18,19). The third-order valence-electron chi connectivity index (χ3n) is 3.47. The highest BCUT2D eigenvalue weighted by Crippen LogP contribution is 2.25. The van der Waals surface area contributed by atoms with Gasteiger partial charge in [0, 0.05) is 30.6 Å². The van der Waals surface area contributed by atoms with Gasteiger partial charge in [0.15, 0.2) is 0 Å². The summed E-state index contributed by atoms with van der Waals surface area (Å²) >= 11 is 1.49. The summed E-state index contributed by atoms with van der Waals surface area (Å²) in [5.74, 6) is -0.0593. The van der Waals surface area contributed by atoms with E-state index in [1.54, 1.807) is 12.5 Å². The second-order valence-electron chi connectivity index (χ2n) is 4.87. The molecule has 7 heteroatoms. The summed E-state index contributed by atoms with van der Waals surface area (Å²) < 4.78 is 1.93. The third-order valence-corrected chi connectivity index (χ3v) is 4.48. The first kappa shape index (κ1) is 14.9. The van der Waals surface area contributed by atoms with Gasteiger partial charge in [-0.2, -0.15) is 0 Å². The second kappa shape index (κ2) is 6.78. The van der Waals surface area contributed by atoms with Crippen LogP contribution in [0.4, 0.5) is 0 Å². The molecule has 6 nitrogen and oxygen atoms in total. The Labute approximate surface area is 122 Å². The smallest absolute Gasteiger partial charge is 0.327 e. The van der Waals surface area contributed by atoms with Gasteiger partial charge < -0.3 is 14.6 Å². The molecule has 0 bridgehead atoms. The molecule has 2 heterocycles. The summed E-state index contributed by atoms with van der Waals surface area (Å²) in [7, 11) is 0. The van der Waals surface area contributed by atoms with Crippen molar-refractivity contribution in [3.05, 3.63) is 18.7 Å². The number of carbonyl (C=O) groups excluding carboxylic acids is 1. The molecule has 1 aromatic heterocycles. The van der Waals surface area contributed by atoms with Gasteiger partial charge in [0.05, 0.1) is 12.2 Å². The molecule has 1 amide bonds. The van der Waals surface area contributed by atoms with Gasteiger partial charge in [-0.05, 0) is 6.42 Å². The molecular formula is C13H19N3O3S. The van der Waals surface area contributed by atoms with Crippen molar-refractivity contribution < 1.29 is 14.7 Å². The third kappa shape index (κ3) is 3.33. The lowest BCUT2D eigenvalue weighted by atomic mass is 10.1. The SMILES string of the molecule is CCCC(CC(=O)N1CSCC1C(=O)O)n1ccnc1. The average molecular weight is 297 g/mol. The average Bonchev–Trinajstić information content (AvgIpc) is 3.09. The van der Waals surface area contributed by atoms with Crippen LogP contribution in [0.5, 0.6) is 0 Å². The van der Waals surface area contributed by atoms with Crippen LogP contribution in [0.1, 0.15) is 32.2 Å². The molecule has 0 saturated carbocycles. The van der Waals surface area contributed by atoms with E-state index in [0.29, 0.717) is 18.1 Å². The van der Waals surface area contributed by atoms with Crippen LogP contribution in [-0.4, -0.2) is 49.1 Å². The normalized spacial score (nSPS) is 20.1. The topological polar surface area (TPSA) is 75.4 Å². The Bertz CT molecular complexity index is 463. The van der Waals surface area contributed by atoms with Gasteiger partial charge in [0.1, 0.15) is 6.04 Å². The summed E-state index contributed by atoms with van der Waals surface area (Å²) in [6, 6.07) is -0.632. The maximum Gasteiger partial charge on any atom is 0.327 e. The number of amides is 1. The summed E-state index contributed by atoms with van der Waals surface area (Å²) in [5, 5.41) is 9.13. The predicted octanol–water partition coefficient (Wildman–Crippen LogP) is 1.60. The molecule has 1 aromatic rings. The number of imidazole rings is 1. The molecule has 1 saturated heterocycles. The predicted molar refractivity (Wildman–Crippen MR) is 76.4 cm³/mol. The first-order valence-corrected chi connectivity index (χ1v) is 7.86. The Hall–Kier alpha value is -1.50. The first-order valence-electron chi connectivity index (χ1n) is 6.71. The van der Waals surface area contributed by atoms with E-state index < -0.39 is 12.0 Å². The highest BCUT2D eigenvalue weighted by Gasteiger charge is 2.35. The largest absolute Gasteiger partial charge is 0.480 e. The Morgan fingerprint density at radius 2 is 2.35 bits per heavy atom. The van der Waals surface area contributed by atoms with Crippen LogP contribution in [0.3, 0.4) is 0 Å². The molecule has 2 rings (SSSR count). The van der Waals surface area contributed by atoms with E-state index in [4.69, 9.17) is 5.11 Å². The Balaban J connectivity index is 2.03. The monoisotopic (exact) mass is 297 g/mol. The molecule has 1 fully saturated rings. The maximum atomic E-state index is 12.4. The summed E-state index contributed by atoms with van der Waals surface area (Å²) in [6.07, 6.45) is 7.42. The zero-order chi connectivity index (χ0) is 14.5. The van der Waals surface area contributed by atoms with Crippen molar-refractivity contribution in [3.63, 3.8) is 0 Å². The first-order chi connectivity index (χ1) is 9.63. The van der Waals surface area contributed by atoms with Crippen LogP contribution < -0.4 is 0 Å². The fraction of sp³-hybridized carbons (Fsp3) is 0.615. The van der Waals surface area contributed by atoms with Crippen molar-refractivity contribution >= 4 is 23.6 Å². The second-order valence-corrected chi connectivity index (χ2v) is 5.87. The molecule has 0 radical (unpaired) electrons. The molecule has 20 heavy (non-hydrogen) atoms. The van der Waals surface area contributed by atoms with Crippen molar-refractivity contribution in [1.82, 2.24) is 14.5 Å². The fourth-order valence-corrected chi connectivity index (χ4v) is 3.56. The van der Waals surface area contributed by atoms with Crippen molar-refractivity contribution in [2.24, 2.45) is 0 Å². The number of nitrogens with zero attached hydrogens (tertiary/aromatic N) is 3. The van der Waals surface area contributed by atoms with E-state index in [-0.39, 0.29) is 11.9 Å². The highest BCUT2D eigenvalue weighted by atomic mass is 32.2. The molecule has 1 aliphatic rings. The van der Waals surface area contributed by atoms with Gasteiger partial charge in [0.25, 0.3) is 0 Å². The van der Waals surface area contributed by atoms with Crippen molar-refractivity contribution in [3.8, 4) is 0 Å². The number of hydrogen-bond acceptors (Lipinski definition) is 4. The summed E-state index contributed by atoms with van der Waals surface area (Å²) in [4.78, 5) is 29.0. The van der Waals surface area contributed by atoms with E-state index in [1.165, 1.54) is 16.7 Å². The molecule has 0 spiro atoms. The van der Waals surface area contributed by atoms with E-state index in [2.05, 4.69) is 11.9 Å². The fourth-order valence-electron chi connectivity index (χ4n) is 2.39. The molecule has 2 atom stereocenters. The summed E-state index contributed by atoms with van der Waals surface area (Å²) in [6.45, 7) is 2.07. The van der Waals surface area contributed by atoms with Gasteiger partial charge >= 0.3 is 5.97 Å².